The fourth-order valence-corrected chi connectivity index (χ4v) is 1.86. The molecule has 1 atom stereocenters. The first-order valence-corrected chi connectivity index (χ1v) is 6.56. The molecule has 0 amide bonds. The summed E-state index contributed by atoms with van der Waals surface area (Å²) in [6.07, 6.45) is 0. The SMILES string of the molecule is CCOc1ccccc1OCC(N)c1cccc(F)c1. The van der Waals surface area contributed by atoms with E-state index in [1.54, 1.807) is 12.1 Å². The molecule has 0 aliphatic rings. The minimum Gasteiger partial charge on any atom is -0.490 e. The van der Waals surface area contributed by atoms with Gasteiger partial charge in [0.1, 0.15) is 12.4 Å². The van der Waals surface area contributed by atoms with Gasteiger partial charge in [0.25, 0.3) is 0 Å². The van der Waals surface area contributed by atoms with E-state index in [9.17, 15) is 4.39 Å². The predicted molar refractivity (Wildman–Crippen MR) is 76.4 cm³/mol. The quantitative estimate of drug-likeness (QED) is 0.879. The number of benzene rings is 2. The number of rotatable bonds is 6. The molecule has 106 valence electrons. The van der Waals surface area contributed by atoms with Crippen LogP contribution in [0.25, 0.3) is 0 Å². The lowest BCUT2D eigenvalue weighted by molar-refractivity contribution is 0.261. The van der Waals surface area contributed by atoms with Crippen molar-refractivity contribution in [2.24, 2.45) is 5.73 Å². The zero-order chi connectivity index (χ0) is 14.4. The first-order valence-electron chi connectivity index (χ1n) is 6.56. The molecule has 1 unspecified atom stereocenters. The van der Waals surface area contributed by atoms with Gasteiger partial charge in [-0.25, -0.2) is 4.39 Å². The molecule has 2 aromatic rings. The molecule has 2 rings (SSSR count). The van der Waals surface area contributed by atoms with Gasteiger partial charge in [-0.1, -0.05) is 24.3 Å². The summed E-state index contributed by atoms with van der Waals surface area (Å²) in [6.45, 7) is 2.74. The average molecular weight is 275 g/mol. The fraction of sp³-hybridized carbons (Fsp3) is 0.250. The molecule has 0 radical (unpaired) electrons. The molecule has 20 heavy (non-hydrogen) atoms. The van der Waals surface area contributed by atoms with Crippen LogP contribution in [0.2, 0.25) is 0 Å². The Morgan fingerprint density at radius 2 is 1.75 bits per heavy atom. The molecule has 4 heteroatoms. The van der Waals surface area contributed by atoms with Crippen molar-refractivity contribution in [3.8, 4) is 11.5 Å². The van der Waals surface area contributed by atoms with Crippen molar-refractivity contribution in [1.29, 1.82) is 0 Å². The van der Waals surface area contributed by atoms with Gasteiger partial charge in [-0.15, -0.1) is 0 Å². The number of para-hydroxylation sites is 2. The van der Waals surface area contributed by atoms with Gasteiger partial charge < -0.3 is 15.2 Å². The van der Waals surface area contributed by atoms with Crippen LogP contribution in [0, 0.1) is 5.82 Å². The monoisotopic (exact) mass is 275 g/mol. The zero-order valence-corrected chi connectivity index (χ0v) is 11.4. The van der Waals surface area contributed by atoms with E-state index in [2.05, 4.69) is 0 Å². The molecule has 2 N–H and O–H groups in total. The molecule has 0 fully saturated rings. The van der Waals surface area contributed by atoms with Gasteiger partial charge in [0.05, 0.1) is 12.6 Å². The highest BCUT2D eigenvalue weighted by Crippen LogP contribution is 2.27. The summed E-state index contributed by atoms with van der Waals surface area (Å²) in [5.41, 5.74) is 6.71. The molecule has 0 bridgehead atoms. The van der Waals surface area contributed by atoms with Crippen LogP contribution in [-0.2, 0) is 0 Å². The van der Waals surface area contributed by atoms with Crippen LogP contribution in [0.1, 0.15) is 18.5 Å². The van der Waals surface area contributed by atoms with Gasteiger partial charge >= 0.3 is 0 Å². The summed E-state index contributed by atoms with van der Waals surface area (Å²) in [5.74, 6) is 1.02. The number of hydrogen-bond acceptors (Lipinski definition) is 3. The summed E-state index contributed by atoms with van der Waals surface area (Å²) in [4.78, 5) is 0. The number of nitrogens with two attached hydrogens (primary N) is 1. The molecular formula is C16H18FNO2. The van der Waals surface area contributed by atoms with Crippen molar-refractivity contribution in [3.05, 3.63) is 59.9 Å². The van der Waals surface area contributed by atoms with Gasteiger partial charge in [0.15, 0.2) is 11.5 Å². The molecule has 0 saturated heterocycles. The maximum atomic E-state index is 13.1. The Balaban J connectivity index is 2.01. The standard InChI is InChI=1S/C16H18FNO2/c1-2-19-15-8-3-4-9-16(15)20-11-14(18)12-6-5-7-13(17)10-12/h3-10,14H,2,11,18H2,1H3. The van der Waals surface area contributed by atoms with Gasteiger partial charge in [0, 0.05) is 0 Å². The molecule has 0 aliphatic heterocycles. The second kappa shape index (κ2) is 6.91. The molecule has 3 nitrogen and oxygen atoms in total. The van der Waals surface area contributed by atoms with E-state index in [-0.39, 0.29) is 18.5 Å². The van der Waals surface area contributed by atoms with Crippen LogP contribution in [0.5, 0.6) is 11.5 Å². The first kappa shape index (κ1) is 14.3. The second-order valence-electron chi connectivity index (χ2n) is 4.35. The van der Waals surface area contributed by atoms with Crippen molar-refractivity contribution < 1.29 is 13.9 Å². The summed E-state index contributed by atoms with van der Waals surface area (Å²) >= 11 is 0. The van der Waals surface area contributed by atoms with Crippen LogP contribution < -0.4 is 15.2 Å². The van der Waals surface area contributed by atoms with Crippen molar-refractivity contribution in [3.63, 3.8) is 0 Å². The van der Waals surface area contributed by atoms with Crippen LogP contribution in [0.4, 0.5) is 4.39 Å². The third-order valence-corrected chi connectivity index (χ3v) is 2.84. The van der Waals surface area contributed by atoms with E-state index in [1.165, 1.54) is 12.1 Å². The Hall–Kier alpha value is -2.07. The Bertz CT molecular complexity index is 560. The Kier molecular flexibility index (Phi) is 4.96. The van der Waals surface area contributed by atoms with Crippen LogP contribution in [0.3, 0.4) is 0 Å². The second-order valence-corrected chi connectivity index (χ2v) is 4.35. The third kappa shape index (κ3) is 3.71. The van der Waals surface area contributed by atoms with Crippen LogP contribution in [-0.4, -0.2) is 13.2 Å². The van der Waals surface area contributed by atoms with E-state index in [0.29, 0.717) is 23.7 Å². The summed E-state index contributed by atoms with van der Waals surface area (Å²) < 4.78 is 24.3. The Morgan fingerprint density at radius 3 is 2.40 bits per heavy atom. The van der Waals surface area contributed by atoms with Crippen LogP contribution in [0.15, 0.2) is 48.5 Å². The van der Waals surface area contributed by atoms with Crippen molar-refractivity contribution >= 4 is 0 Å². The molecule has 2 aromatic carbocycles. The average Bonchev–Trinajstić information content (AvgIpc) is 2.46. The molecule has 0 saturated carbocycles. The van der Waals surface area contributed by atoms with Gasteiger partial charge in [-0.05, 0) is 36.8 Å². The highest BCUT2D eigenvalue weighted by molar-refractivity contribution is 5.39. The van der Waals surface area contributed by atoms with Gasteiger partial charge in [0.2, 0.25) is 0 Å². The van der Waals surface area contributed by atoms with Crippen LogP contribution >= 0.6 is 0 Å². The lowest BCUT2D eigenvalue weighted by atomic mass is 10.1. The molecular weight excluding hydrogens is 257 g/mol. The smallest absolute Gasteiger partial charge is 0.161 e. The molecule has 0 aromatic heterocycles. The third-order valence-electron chi connectivity index (χ3n) is 2.84. The van der Waals surface area contributed by atoms with Crippen molar-refractivity contribution in [2.75, 3.05) is 13.2 Å². The Morgan fingerprint density at radius 1 is 1.05 bits per heavy atom. The van der Waals surface area contributed by atoms with Crippen molar-refractivity contribution in [2.45, 2.75) is 13.0 Å². The summed E-state index contributed by atoms with van der Waals surface area (Å²) in [6, 6.07) is 13.3. The van der Waals surface area contributed by atoms with Gasteiger partial charge in [-0.3, -0.25) is 0 Å². The predicted octanol–water partition coefficient (Wildman–Crippen LogP) is 3.30. The minimum absolute atomic E-state index is 0.257. The number of halogens is 1. The highest BCUT2D eigenvalue weighted by atomic mass is 19.1. The first-order chi connectivity index (χ1) is 9.70. The number of ether oxygens (including phenoxy) is 2. The highest BCUT2D eigenvalue weighted by Gasteiger charge is 2.10. The number of hydrogen-bond donors (Lipinski definition) is 1. The van der Waals surface area contributed by atoms with E-state index in [4.69, 9.17) is 15.2 Å². The topological polar surface area (TPSA) is 44.5 Å². The molecule has 0 spiro atoms. The summed E-state index contributed by atoms with van der Waals surface area (Å²) in [7, 11) is 0. The lowest BCUT2D eigenvalue weighted by Gasteiger charge is -2.16. The zero-order valence-electron chi connectivity index (χ0n) is 11.4. The normalized spacial score (nSPS) is 11.9. The maximum absolute atomic E-state index is 13.1. The Labute approximate surface area is 118 Å². The lowest BCUT2D eigenvalue weighted by Crippen LogP contribution is -2.19. The summed E-state index contributed by atoms with van der Waals surface area (Å²) in [5, 5.41) is 0. The largest absolute Gasteiger partial charge is 0.490 e. The minimum atomic E-state index is -0.389. The molecule has 0 aliphatic carbocycles. The fourth-order valence-electron chi connectivity index (χ4n) is 1.86. The van der Waals surface area contributed by atoms with Gasteiger partial charge in [-0.2, -0.15) is 0 Å². The maximum Gasteiger partial charge on any atom is 0.161 e. The van der Waals surface area contributed by atoms with E-state index in [1.807, 2.05) is 31.2 Å². The molecule has 0 heterocycles. The van der Waals surface area contributed by atoms with E-state index in [0.717, 1.165) is 0 Å². The van der Waals surface area contributed by atoms with E-state index < -0.39 is 0 Å². The van der Waals surface area contributed by atoms with E-state index >= 15 is 0 Å². The van der Waals surface area contributed by atoms with Crippen molar-refractivity contribution in [1.82, 2.24) is 0 Å².